The molecular weight excluding hydrogens is 166 g/mol. The van der Waals surface area contributed by atoms with Gasteiger partial charge >= 0.3 is 0 Å². The van der Waals surface area contributed by atoms with Gasteiger partial charge in [0.2, 0.25) is 5.95 Å². The summed E-state index contributed by atoms with van der Waals surface area (Å²) in [5, 5.41) is 0. The number of hydrogen-bond donors (Lipinski definition) is 0. The number of Topliss-reactive ketones (excluding diaryl/α,β-unsaturated/α-hetero) is 1. The standard InChI is InChI=1S/C9H11N3O/c1-7-4-10-9(11-5-7)12-3-2-8(13)6-12/h4-5H,2-3,6H2,1H3. The fraction of sp³-hybridized carbons (Fsp3) is 0.444. The van der Waals surface area contributed by atoms with Gasteiger partial charge in [0.05, 0.1) is 6.54 Å². The number of nitrogens with zero attached hydrogens (tertiary/aromatic N) is 3. The van der Waals surface area contributed by atoms with E-state index in [0.29, 0.717) is 18.9 Å². The molecule has 0 radical (unpaired) electrons. The summed E-state index contributed by atoms with van der Waals surface area (Å²) >= 11 is 0. The summed E-state index contributed by atoms with van der Waals surface area (Å²) in [6, 6.07) is 0. The van der Waals surface area contributed by atoms with E-state index in [2.05, 4.69) is 9.97 Å². The summed E-state index contributed by atoms with van der Waals surface area (Å²) < 4.78 is 0. The van der Waals surface area contributed by atoms with Gasteiger partial charge in [0.15, 0.2) is 5.78 Å². The Balaban J connectivity index is 2.17. The van der Waals surface area contributed by atoms with Crippen LogP contribution in [0.15, 0.2) is 12.4 Å². The van der Waals surface area contributed by atoms with Crippen LogP contribution < -0.4 is 4.90 Å². The number of anilines is 1. The number of carbonyl (C=O) groups is 1. The molecule has 1 aromatic heterocycles. The number of hydrogen-bond acceptors (Lipinski definition) is 4. The average molecular weight is 177 g/mol. The van der Waals surface area contributed by atoms with Gasteiger partial charge in [-0.3, -0.25) is 4.79 Å². The summed E-state index contributed by atoms with van der Waals surface area (Å²) in [5.74, 6) is 0.931. The topological polar surface area (TPSA) is 46.1 Å². The smallest absolute Gasteiger partial charge is 0.225 e. The van der Waals surface area contributed by atoms with Gasteiger partial charge in [-0.2, -0.15) is 0 Å². The Hall–Kier alpha value is -1.45. The minimum Gasteiger partial charge on any atom is -0.333 e. The Labute approximate surface area is 76.6 Å². The molecule has 0 N–H and O–H groups in total. The molecule has 68 valence electrons. The maximum atomic E-state index is 11.0. The molecule has 0 aromatic carbocycles. The predicted octanol–water partition coefficient (Wildman–Crippen LogP) is 0.564. The van der Waals surface area contributed by atoms with Gasteiger partial charge < -0.3 is 4.90 Å². The summed E-state index contributed by atoms with van der Waals surface area (Å²) in [6.45, 7) is 3.16. The van der Waals surface area contributed by atoms with Crippen LogP contribution in [-0.4, -0.2) is 28.8 Å². The quantitative estimate of drug-likeness (QED) is 0.629. The first-order valence-corrected chi connectivity index (χ1v) is 4.31. The van der Waals surface area contributed by atoms with E-state index in [0.717, 1.165) is 12.1 Å². The van der Waals surface area contributed by atoms with Crippen molar-refractivity contribution in [1.82, 2.24) is 9.97 Å². The Bertz CT molecular complexity index is 320. The van der Waals surface area contributed by atoms with Gasteiger partial charge in [0, 0.05) is 25.4 Å². The second-order valence-corrected chi connectivity index (χ2v) is 3.27. The second kappa shape index (κ2) is 3.12. The van der Waals surface area contributed by atoms with Crippen molar-refractivity contribution in [3.63, 3.8) is 0 Å². The third-order valence-corrected chi connectivity index (χ3v) is 2.08. The van der Waals surface area contributed by atoms with Gasteiger partial charge in [-0.15, -0.1) is 0 Å². The fourth-order valence-corrected chi connectivity index (χ4v) is 1.35. The van der Waals surface area contributed by atoms with E-state index in [-0.39, 0.29) is 5.78 Å². The number of rotatable bonds is 1. The minimum absolute atomic E-state index is 0.268. The van der Waals surface area contributed by atoms with E-state index in [1.54, 1.807) is 12.4 Å². The fourth-order valence-electron chi connectivity index (χ4n) is 1.35. The zero-order valence-electron chi connectivity index (χ0n) is 7.53. The van der Waals surface area contributed by atoms with Crippen LogP contribution >= 0.6 is 0 Å². The molecule has 0 atom stereocenters. The van der Waals surface area contributed by atoms with Crippen LogP contribution in [0.25, 0.3) is 0 Å². The van der Waals surface area contributed by atoms with Crippen molar-refractivity contribution < 1.29 is 4.79 Å². The zero-order valence-corrected chi connectivity index (χ0v) is 7.53. The number of aromatic nitrogens is 2. The van der Waals surface area contributed by atoms with Crippen LogP contribution in [0.3, 0.4) is 0 Å². The van der Waals surface area contributed by atoms with Crippen LogP contribution in [0, 0.1) is 6.92 Å². The molecular formula is C9H11N3O. The van der Waals surface area contributed by atoms with Crippen molar-refractivity contribution >= 4 is 11.7 Å². The molecule has 0 unspecified atom stereocenters. The molecule has 2 heterocycles. The second-order valence-electron chi connectivity index (χ2n) is 3.27. The Morgan fingerprint density at radius 3 is 2.62 bits per heavy atom. The van der Waals surface area contributed by atoms with E-state index < -0.39 is 0 Å². The largest absolute Gasteiger partial charge is 0.333 e. The molecule has 2 rings (SSSR count). The van der Waals surface area contributed by atoms with Crippen LogP contribution in [0.1, 0.15) is 12.0 Å². The zero-order chi connectivity index (χ0) is 9.26. The highest BCUT2D eigenvalue weighted by atomic mass is 16.1. The molecule has 1 saturated heterocycles. The van der Waals surface area contributed by atoms with Crippen LogP contribution in [-0.2, 0) is 4.79 Å². The molecule has 4 nitrogen and oxygen atoms in total. The molecule has 1 aliphatic heterocycles. The highest BCUT2D eigenvalue weighted by Gasteiger charge is 2.20. The SMILES string of the molecule is Cc1cnc(N2CCC(=O)C2)nc1. The molecule has 0 aliphatic carbocycles. The molecule has 4 heteroatoms. The van der Waals surface area contributed by atoms with Crippen LogP contribution in [0.2, 0.25) is 0 Å². The molecule has 13 heavy (non-hydrogen) atoms. The van der Waals surface area contributed by atoms with Gasteiger partial charge in [0.1, 0.15) is 0 Å². The average Bonchev–Trinajstić information content (AvgIpc) is 2.53. The van der Waals surface area contributed by atoms with Crippen molar-refractivity contribution in [2.45, 2.75) is 13.3 Å². The molecule has 0 saturated carbocycles. The van der Waals surface area contributed by atoms with E-state index in [4.69, 9.17) is 0 Å². The van der Waals surface area contributed by atoms with Crippen molar-refractivity contribution in [3.8, 4) is 0 Å². The third kappa shape index (κ3) is 1.66. The lowest BCUT2D eigenvalue weighted by Gasteiger charge is -2.12. The van der Waals surface area contributed by atoms with Gasteiger partial charge in [-0.25, -0.2) is 9.97 Å². The summed E-state index contributed by atoms with van der Waals surface area (Å²) in [4.78, 5) is 21.2. The highest BCUT2D eigenvalue weighted by molar-refractivity contribution is 5.86. The lowest BCUT2D eigenvalue weighted by atomic mass is 10.4. The maximum Gasteiger partial charge on any atom is 0.225 e. The number of carbonyl (C=O) groups excluding carboxylic acids is 1. The van der Waals surface area contributed by atoms with E-state index in [1.807, 2.05) is 11.8 Å². The summed E-state index contributed by atoms with van der Waals surface area (Å²) in [5.41, 5.74) is 1.04. The van der Waals surface area contributed by atoms with Crippen molar-refractivity contribution in [1.29, 1.82) is 0 Å². The number of aryl methyl sites for hydroxylation is 1. The summed E-state index contributed by atoms with van der Waals surface area (Å²) in [7, 11) is 0. The van der Waals surface area contributed by atoms with Crippen molar-refractivity contribution in [2.75, 3.05) is 18.0 Å². The molecule has 1 aromatic rings. The minimum atomic E-state index is 0.268. The Morgan fingerprint density at radius 1 is 1.38 bits per heavy atom. The van der Waals surface area contributed by atoms with Gasteiger partial charge in [0.25, 0.3) is 0 Å². The molecule has 1 aliphatic rings. The van der Waals surface area contributed by atoms with Crippen LogP contribution in [0.5, 0.6) is 0 Å². The summed E-state index contributed by atoms with van der Waals surface area (Å²) in [6.07, 6.45) is 4.16. The monoisotopic (exact) mass is 177 g/mol. The first kappa shape index (κ1) is 8.16. The highest BCUT2D eigenvalue weighted by Crippen LogP contribution is 2.12. The lowest BCUT2D eigenvalue weighted by molar-refractivity contribution is -0.116. The lowest BCUT2D eigenvalue weighted by Crippen LogP contribution is -2.21. The third-order valence-electron chi connectivity index (χ3n) is 2.08. The molecule has 1 fully saturated rings. The Kier molecular flexibility index (Phi) is 1.96. The van der Waals surface area contributed by atoms with Crippen LogP contribution in [0.4, 0.5) is 5.95 Å². The Morgan fingerprint density at radius 2 is 2.08 bits per heavy atom. The number of ketones is 1. The molecule has 0 spiro atoms. The van der Waals surface area contributed by atoms with E-state index >= 15 is 0 Å². The molecule has 0 bridgehead atoms. The van der Waals surface area contributed by atoms with E-state index in [9.17, 15) is 4.79 Å². The maximum absolute atomic E-state index is 11.0. The first-order valence-electron chi connectivity index (χ1n) is 4.31. The first-order chi connectivity index (χ1) is 6.25. The van der Waals surface area contributed by atoms with Gasteiger partial charge in [-0.05, 0) is 12.5 Å². The van der Waals surface area contributed by atoms with Crippen molar-refractivity contribution in [3.05, 3.63) is 18.0 Å². The predicted molar refractivity (Wildman–Crippen MR) is 48.6 cm³/mol. The van der Waals surface area contributed by atoms with E-state index in [1.165, 1.54) is 0 Å². The molecule has 0 amide bonds. The normalized spacial score (nSPS) is 16.7. The van der Waals surface area contributed by atoms with Gasteiger partial charge in [-0.1, -0.05) is 0 Å². The van der Waals surface area contributed by atoms with Crippen molar-refractivity contribution in [2.24, 2.45) is 0 Å².